The first-order valence-corrected chi connectivity index (χ1v) is 12.0. The average molecular weight is 509 g/mol. The van der Waals surface area contributed by atoms with E-state index in [1.54, 1.807) is 47.5 Å². The molecule has 1 saturated carbocycles. The van der Waals surface area contributed by atoms with Crippen molar-refractivity contribution in [2.24, 2.45) is 10.8 Å². The predicted octanol–water partition coefficient (Wildman–Crippen LogP) is 3.74. The molecular formula is C26H23F3N6O2. The molecule has 3 fully saturated rings. The lowest BCUT2D eigenvalue weighted by molar-refractivity contribution is -0.191. The van der Waals surface area contributed by atoms with Crippen molar-refractivity contribution in [1.82, 2.24) is 9.97 Å². The highest BCUT2D eigenvalue weighted by molar-refractivity contribution is 6.01. The minimum Gasteiger partial charge on any atom is -0.378 e. The number of hydrogen-bond acceptors (Lipinski definition) is 7. The van der Waals surface area contributed by atoms with Gasteiger partial charge in [-0.2, -0.15) is 18.4 Å². The van der Waals surface area contributed by atoms with Gasteiger partial charge in [-0.25, -0.2) is 4.98 Å². The standard InChI is InChI=1S/C26H23F3N6O2/c27-26(28,29)25-14-24(25,23(36)33-18-4-6-21(32-13-18)34-8-10-37-11-9-34)15-35(16-25)20-5-3-17(12-30)22-19(20)2-1-7-31-22/h1-7,13H,8-11,14-16H2,(H,33,36)/t24-,25-/m0/s1. The molecule has 37 heavy (non-hydrogen) atoms. The van der Waals surface area contributed by atoms with Crippen LogP contribution in [-0.2, 0) is 9.53 Å². The largest absolute Gasteiger partial charge is 0.397 e. The van der Waals surface area contributed by atoms with Crippen LogP contribution in [0.4, 0.5) is 30.4 Å². The quantitative estimate of drug-likeness (QED) is 0.574. The molecule has 1 amide bonds. The molecule has 1 N–H and O–H groups in total. The molecule has 4 heterocycles. The van der Waals surface area contributed by atoms with Crippen LogP contribution in [-0.4, -0.2) is 61.4 Å². The molecule has 2 aliphatic heterocycles. The summed E-state index contributed by atoms with van der Waals surface area (Å²) < 4.78 is 48.6. The molecular weight excluding hydrogens is 485 g/mol. The molecule has 8 nitrogen and oxygen atoms in total. The van der Waals surface area contributed by atoms with Gasteiger partial charge in [-0.05, 0) is 42.8 Å². The van der Waals surface area contributed by atoms with Gasteiger partial charge in [0.1, 0.15) is 17.3 Å². The topological polar surface area (TPSA) is 94.4 Å². The van der Waals surface area contributed by atoms with Gasteiger partial charge in [0.05, 0.1) is 41.6 Å². The number of halogens is 3. The molecule has 11 heteroatoms. The van der Waals surface area contributed by atoms with Gasteiger partial charge in [0.15, 0.2) is 0 Å². The highest BCUT2D eigenvalue weighted by Gasteiger charge is 2.86. The summed E-state index contributed by atoms with van der Waals surface area (Å²) in [6.07, 6.45) is -1.81. The van der Waals surface area contributed by atoms with E-state index in [-0.39, 0.29) is 19.5 Å². The van der Waals surface area contributed by atoms with Gasteiger partial charge in [-0.3, -0.25) is 9.78 Å². The molecule has 0 spiro atoms. The van der Waals surface area contributed by atoms with Gasteiger partial charge in [0.25, 0.3) is 0 Å². The number of piperidine rings is 1. The van der Waals surface area contributed by atoms with Gasteiger partial charge in [-0.1, -0.05) is 0 Å². The molecule has 0 bridgehead atoms. The fourth-order valence-electron chi connectivity index (χ4n) is 5.81. The number of pyridine rings is 2. The maximum absolute atomic E-state index is 14.4. The van der Waals surface area contributed by atoms with E-state index >= 15 is 0 Å². The zero-order valence-corrected chi connectivity index (χ0v) is 19.8. The number of anilines is 3. The first kappa shape index (κ1) is 23.5. The predicted molar refractivity (Wildman–Crippen MR) is 130 cm³/mol. The number of amides is 1. The second kappa shape index (κ2) is 8.31. The van der Waals surface area contributed by atoms with E-state index in [9.17, 15) is 23.2 Å². The second-order valence-electron chi connectivity index (χ2n) is 9.80. The third-order valence-electron chi connectivity index (χ3n) is 7.84. The summed E-state index contributed by atoms with van der Waals surface area (Å²) in [4.78, 5) is 25.7. The number of ether oxygens (including phenoxy) is 1. The zero-order chi connectivity index (χ0) is 25.8. The minimum atomic E-state index is -4.56. The fourth-order valence-corrected chi connectivity index (χ4v) is 5.81. The Morgan fingerprint density at radius 2 is 1.89 bits per heavy atom. The Morgan fingerprint density at radius 3 is 2.59 bits per heavy atom. The van der Waals surface area contributed by atoms with E-state index in [0.29, 0.717) is 54.1 Å². The normalized spacial score (nSPS) is 25.0. The summed E-state index contributed by atoms with van der Waals surface area (Å²) >= 11 is 0. The van der Waals surface area contributed by atoms with Crippen molar-refractivity contribution < 1.29 is 22.7 Å². The average Bonchev–Trinajstić information content (AvgIpc) is 3.46. The smallest absolute Gasteiger partial charge is 0.378 e. The van der Waals surface area contributed by atoms with E-state index in [2.05, 4.69) is 26.3 Å². The van der Waals surface area contributed by atoms with Gasteiger partial charge in [0, 0.05) is 43.4 Å². The lowest BCUT2D eigenvalue weighted by Gasteiger charge is -2.27. The van der Waals surface area contributed by atoms with Crippen molar-refractivity contribution in [3.63, 3.8) is 0 Å². The monoisotopic (exact) mass is 508 g/mol. The number of nitrogens with one attached hydrogen (secondary N) is 1. The lowest BCUT2D eigenvalue weighted by Crippen LogP contribution is -2.37. The summed E-state index contributed by atoms with van der Waals surface area (Å²) in [5.41, 5.74) is -2.11. The van der Waals surface area contributed by atoms with Crippen molar-refractivity contribution in [3.8, 4) is 6.07 Å². The van der Waals surface area contributed by atoms with E-state index in [1.165, 1.54) is 6.20 Å². The summed E-state index contributed by atoms with van der Waals surface area (Å²) in [6.45, 7) is 2.17. The molecule has 0 radical (unpaired) electrons. The van der Waals surface area contributed by atoms with Gasteiger partial charge in [-0.15, -0.1) is 0 Å². The SMILES string of the molecule is N#Cc1ccc(N2C[C@]3(C(=O)Nc4ccc(N5CCOCC5)nc4)C[C@]3(C(F)(F)F)C2)c2cccnc12. The van der Waals surface area contributed by atoms with E-state index < -0.39 is 22.9 Å². The molecule has 190 valence electrons. The van der Waals surface area contributed by atoms with Gasteiger partial charge >= 0.3 is 6.18 Å². The number of carbonyl (C=O) groups excluding carboxylic acids is 1. The van der Waals surface area contributed by atoms with E-state index in [0.717, 1.165) is 5.82 Å². The summed E-state index contributed by atoms with van der Waals surface area (Å²) in [7, 11) is 0. The molecule has 2 saturated heterocycles. The Morgan fingerprint density at radius 1 is 1.08 bits per heavy atom. The Balaban J connectivity index is 1.28. The van der Waals surface area contributed by atoms with Crippen LogP contribution in [0.15, 0.2) is 48.8 Å². The molecule has 1 aromatic carbocycles. The van der Waals surface area contributed by atoms with Crippen LogP contribution >= 0.6 is 0 Å². The number of nitrogens with zero attached hydrogens (tertiary/aromatic N) is 5. The first-order chi connectivity index (χ1) is 17.8. The van der Waals surface area contributed by atoms with Crippen LogP contribution in [0.25, 0.3) is 10.9 Å². The Labute approximate surface area is 210 Å². The Kier molecular flexibility index (Phi) is 5.28. The van der Waals surface area contributed by atoms with Crippen LogP contribution in [0, 0.1) is 22.2 Å². The van der Waals surface area contributed by atoms with Gasteiger partial charge in [0.2, 0.25) is 5.91 Å². The minimum absolute atomic E-state index is 0.0898. The number of carbonyl (C=O) groups is 1. The molecule has 6 rings (SSSR count). The molecule has 3 aromatic rings. The molecule has 3 aliphatic rings. The second-order valence-corrected chi connectivity index (χ2v) is 9.80. The molecule has 0 unspecified atom stereocenters. The lowest BCUT2D eigenvalue weighted by atomic mass is 9.94. The maximum Gasteiger partial charge on any atom is 0.397 e. The van der Waals surface area contributed by atoms with Crippen molar-refractivity contribution in [3.05, 3.63) is 54.4 Å². The number of morpholine rings is 1. The van der Waals surface area contributed by atoms with Crippen molar-refractivity contribution >= 4 is 34.0 Å². The molecule has 2 aromatic heterocycles. The summed E-state index contributed by atoms with van der Waals surface area (Å²) in [6, 6.07) is 12.1. The number of aromatic nitrogens is 2. The molecule has 1 aliphatic carbocycles. The third kappa shape index (κ3) is 3.58. The number of alkyl halides is 3. The van der Waals surface area contributed by atoms with Crippen LogP contribution in [0.2, 0.25) is 0 Å². The number of hydrogen-bond donors (Lipinski definition) is 1. The van der Waals surface area contributed by atoms with Gasteiger partial charge < -0.3 is 19.9 Å². The number of fused-ring (bicyclic) bond motifs is 2. The molecule has 2 atom stereocenters. The van der Waals surface area contributed by atoms with E-state index in [1.807, 2.05) is 0 Å². The van der Waals surface area contributed by atoms with Crippen LogP contribution < -0.4 is 15.1 Å². The van der Waals surface area contributed by atoms with E-state index in [4.69, 9.17) is 4.74 Å². The number of rotatable bonds is 4. The van der Waals surface area contributed by atoms with Crippen molar-refractivity contribution in [1.29, 1.82) is 5.26 Å². The maximum atomic E-state index is 14.4. The van der Waals surface area contributed by atoms with Crippen LogP contribution in [0.1, 0.15) is 12.0 Å². The number of benzene rings is 1. The summed E-state index contributed by atoms with van der Waals surface area (Å²) in [5.74, 6) is 0.0631. The van der Waals surface area contributed by atoms with Crippen molar-refractivity contribution in [2.45, 2.75) is 12.6 Å². The third-order valence-corrected chi connectivity index (χ3v) is 7.84. The fraction of sp³-hybridized carbons (Fsp3) is 0.385. The Bertz CT molecular complexity index is 1420. The summed E-state index contributed by atoms with van der Waals surface area (Å²) in [5, 5.41) is 12.7. The Hall–Kier alpha value is -3.91. The number of nitriles is 1. The van der Waals surface area contributed by atoms with Crippen LogP contribution in [0.3, 0.4) is 0 Å². The van der Waals surface area contributed by atoms with Crippen LogP contribution in [0.5, 0.6) is 0 Å². The van der Waals surface area contributed by atoms with Crippen molar-refractivity contribution in [2.75, 3.05) is 54.5 Å². The highest BCUT2D eigenvalue weighted by Crippen LogP contribution is 2.75. The zero-order valence-electron chi connectivity index (χ0n) is 19.8. The first-order valence-electron chi connectivity index (χ1n) is 12.0. The highest BCUT2D eigenvalue weighted by atomic mass is 19.4.